The number of aromatic nitrogens is 2. The van der Waals surface area contributed by atoms with E-state index in [9.17, 15) is 0 Å². The Bertz CT molecular complexity index is 428. The van der Waals surface area contributed by atoms with Crippen LogP contribution < -0.4 is 20.1 Å². The molecule has 2 heterocycles. The molecular weight excluding hydrogens is 244 g/mol. The second kappa shape index (κ2) is 5.21. The van der Waals surface area contributed by atoms with E-state index in [4.69, 9.17) is 15.2 Å². The molecule has 0 saturated carbocycles. The van der Waals surface area contributed by atoms with Crippen LogP contribution in [0.2, 0.25) is 0 Å². The molecule has 0 bridgehead atoms. The third-order valence-corrected chi connectivity index (χ3v) is 3.68. The molecule has 1 saturated heterocycles. The van der Waals surface area contributed by atoms with Crippen molar-refractivity contribution in [2.75, 3.05) is 32.2 Å². The molecule has 0 spiro atoms. The zero-order valence-corrected chi connectivity index (χ0v) is 12.0. The maximum absolute atomic E-state index is 6.15. The highest BCUT2D eigenvalue weighted by atomic mass is 16.5. The lowest BCUT2D eigenvalue weighted by Gasteiger charge is -2.42. The molecule has 2 rings (SSSR count). The molecule has 0 aliphatic carbocycles. The third kappa shape index (κ3) is 2.89. The summed E-state index contributed by atoms with van der Waals surface area (Å²) in [6.45, 7) is 6.01. The van der Waals surface area contributed by atoms with Gasteiger partial charge in [-0.05, 0) is 11.8 Å². The van der Waals surface area contributed by atoms with Gasteiger partial charge in [0, 0.05) is 19.1 Å². The molecule has 1 aromatic heterocycles. The first-order valence-corrected chi connectivity index (χ1v) is 6.44. The molecule has 1 aliphatic rings. The van der Waals surface area contributed by atoms with E-state index in [-0.39, 0.29) is 11.5 Å². The van der Waals surface area contributed by atoms with E-state index in [0.717, 1.165) is 19.5 Å². The lowest BCUT2D eigenvalue weighted by atomic mass is 9.80. The Labute approximate surface area is 113 Å². The molecular formula is C13H22N4O2. The van der Waals surface area contributed by atoms with Crippen LogP contribution in [0.1, 0.15) is 20.3 Å². The summed E-state index contributed by atoms with van der Waals surface area (Å²) in [5.41, 5.74) is 6.19. The maximum Gasteiger partial charge on any atom is 0.231 e. The van der Waals surface area contributed by atoms with Crippen LogP contribution in [0, 0.1) is 5.41 Å². The molecule has 1 aromatic rings. The summed E-state index contributed by atoms with van der Waals surface area (Å²) in [7, 11) is 3.17. The lowest BCUT2D eigenvalue weighted by molar-refractivity contribution is 0.242. The van der Waals surface area contributed by atoms with Crippen molar-refractivity contribution in [3.8, 4) is 11.8 Å². The Morgan fingerprint density at radius 3 is 2.32 bits per heavy atom. The van der Waals surface area contributed by atoms with Gasteiger partial charge in [0.25, 0.3) is 0 Å². The normalized spacial score (nSPS) is 22.2. The van der Waals surface area contributed by atoms with Gasteiger partial charge in [0.2, 0.25) is 17.7 Å². The van der Waals surface area contributed by atoms with Crippen LogP contribution in [0.5, 0.6) is 11.8 Å². The average molecular weight is 266 g/mol. The second-order valence-corrected chi connectivity index (χ2v) is 5.56. The molecule has 0 amide bonds. The minimum atomic E-state index is 0.0396. The number of hydrogen-bond donors (Lipinski definition) is 1. The van der Waals surface area contributed by atoms with Gasteiger partial charge in [-0.3, -0.25) is 0 Å². The van der Waals surface area contributed by atoms with Crippen LogP contribution in [-0.2, 0) is 0 Å². The number of rotatable bonds is 3. The summed E-state index contributed by atoms with van der Waals surface area (Å²) in [6.07, 6.45) is 0.926. The van der Waals surface area contributed by atoms with Crippen LogP contribution >= 0.6 is 0 Å². The summed E-state index contributed by atoms with van der Waals surface area (Å²) in [4.78, 5) is 10.9. The van der Waals surface area contributed by atoms with Crippen molar-refractivity contribution in [1.82, 2.24) is 9.97 Å². The van der Waals surface area contributed by atoms with Gasteiger partial charge >= 0.3 is 0 Å². The number of methoxy groups -OCH3 is 2. The summed E-state index contributed by atoms with van der Waals surface area (Å²) in [6, 6.07) is 1.88. The largest absolute Gasteiger partial charge is 0.481 e. The van der Waals surface area contributed by atoms with E-state index in [2.05, 4.69) is 28.7 Å². The molecule has 106 valence electrons. The maximum atomic E-state index is 6.15. The fraction of sp³-hybridized carbons (Fsp3) is 0.692. The van der Waals surface area contributed by atoms with E-state index in [0.29, 0.717) is 17.7 Å². The smallest absolute Gasteiger partial charge is 0.231 e. The molecule has 6 nitrogen and oxygen atoms in total. The van der Waals surface area contributed by atoms with Crippen molar-refractivity contribution < 1.29 is 9.47 Å². The zero-order chi connectivity index (χ0) is 14.0. The number of nitrogens with two attached hydrogens (primary N) is 1. The molecule has 0 aromatic carbocycles. The predicted octanol–water partition coefficient (Wildman–Crippen LogP) is 1.06. The molecule has 0 radical (unpaired) electrons. The average Bonchev–Trinajstić information content (AvgIpc) is 2.41. The minimum Gasteiger partial charge on any atom is -0.481 e. The lowest BCUT2D eigenvalue weighted by Crippen LogP contribution is -2.52. The van der Waals surface area contributed by atoms with Crippen LogP contribution in [-0.4, -0.2) is 43.3 Å². The first-order chi connectivity index (χ1) is 8.96. The quantitative estimate of drug-likeness (QED) is 0.881. The van der Waals surface area contributed by atoms with Crippen molar-refractivity contribution in [1.29, 1.82) is 0 Å². The summed E-state index contributed by atoms with van der Waals surface area (Å²) in [5, 5.41) is 0. The predicted molar refractivity (Wildman–Crippen MR) is 73.7 cm³/mol. The fourth-order valence-electron chi connectivity index (χ4n) is 2.29. The molecule has 6 heteroatoms. The molecule has 1 aliphatic heterocycles. The van der Waals surface area contributed by atoms with E-state index in [1.54, 1.807) is 20.3 Å². The molecule has 19 heavy (non-hydrogen) atoms. The Balaban J connectivity index is 2.26. The Kier molecular flexibility index (Phi) is 3.80. The highest BCUT2D eigenvalue weighted by Crippen LogP contribution is 2.30. The number of nitrogens with zero attached hydrogens (tertiary/aromatic N) is 3. The molecule has 1 unspecified atom stereocenters. The van der Waals surface area contributed by atoms with Crippen LogP contribution in [0.3, 0.4) is 0 Å². The fourth-order valence-corrected chi connectivity index (χ4v) is 2.29. The van der Waals surface area contributed by atoms with Gasteiger partial charge in [-0.15, -0.1) is 0 Å². The number of piperidine rings is 1. The van der Waals surface area contributed by atoms with Gasteiger partial charge in [0.1, 0.15) is 0 Å². The van der Waals surface area contributed by atoms with Crippen molar-refractivity contribution in [3.63, 3.8) is 0 Å². The van der Waals surface area contributed by atoms with Crippen molar-refractivity contribution in [2.24, 2.45) is 11.1 Å². The number of anilines is 1. The Morgan fingerprint density at radius 1 is 1.26 bits per heavy atom. The molecule has 2 N–H and O–H groups in total. The third-order valence-electron chi connectivity index (χ3n) is 3.68. The van der Waals surface area contributed by atoms with E-state index >= 15 is 0 Å². The van der Waals surface area contributed by atoms with E-state index in [1.807, 2.05) is 0 Å². The van der Waals surface area contributed by atoms with Gasteiger partial charge in [-0.2, -0.15) is 9.97 Å². The first-order valence-electron chi connectivity index (χ1n) is 6.44. The van der Waals surface area contributed by atoms with Gasteiger partial charge in [0.05, 0.1) is 20.3 Å². The second-order valence-electron chi connectivity index (χ2n) is 5.56. The number of ether oxygens (including phenoxy) is 2. The van der Waals surface area contributed by atoms with Crippen LogP contribution in [0.4, 0.5) is 5.95 Å². The van der Waals surface area contributed by atoms with Crippen LogP contribution in [0.25, 0.3) is 0 Å². The molecule has 1 fully saturated rings. The van der Waals surface area contributed by atoms with Crippen molar-refractivity contribution >= 4 is 5.95 Å². The minimum absolute atomic E-state index is 0.0396. The monoisotopic (exact) mass is 266 g/mol. The van der Waals surface area contributed by atoms with Crippen LogP contribution in [0.15, 0.2) is 6.07 Å². The summed E-state index contributed by atoms with van der Waals surface area (Å²) < 4.78 is 10.4. The highest BCUT2D eigenvalue weighted by molar-refractivity contribution is 5.38. The summed E-state index contributed by atoms with van der Waals surface area (Å²) in [5.74, 6) is 1.65. The standard InChI is InChI=1S/C13H22N4O2/c1-13(2)8-17(6-5-9(13)14)12-15-10(18-3)7-11(16-12)19-4/h7,9H,5-6,8,14H2,1-4H3. The topological polar surface area (TPSA) is 73.5 Å². The SMILES string of the molecule is COc1cc(OC)nc(N2CCC(N)C(C)(C)C2)n1. The van der Waals surface area contributed by atoms with Crippen molar-refractivity contribution in [3.05, 3.63) is 6.07 Å². The highest BCUT2D eigenvalue weighted by Gasteiger charge is 2.34. The van der Waals surface area contributed by atoms with E-state index < -0.39 is 0 Å². The molecule has 1 atom stereocenters. The number of hydrogen-bond acceptors (Lipinski definition) is 6. The zero-order valence-electron chi connectivity index (χ0n) is 12.0. The van der Waals surface area contributed by atoms with Gasteiger partial charge < -0.3 is 20.1 Å². The first kappa shape index (κ1) is 13.9. The van der Waals surface area contributed by atoms with E-state index in [1.165, 1.54) is 0 Å². The van der Waals surface area contributed by atoms with Crippen molar-refractivity contribution in [2.45, 2.75) is 26.3 Å². The Hall–Kier alpha value is -1.56. The van der Waals surface area contributed by atoms with Gasteiger partial charge in [0.15, 0.2) is 0 Å². The Morgan fingerprint density at radius 2 is 1.84 bits per heavy atom. The summed E-state index contributed by atoms with van der Waals surface area (Å²) >= 11 is 0. The van der Waals surface area contributed by atoms with Gasteiger partial charge in [-0.1, -0.05) is 13.8 Å². The van der Waals surface area contributed by atoms with Gasteiger partial charge in [-0.25, -0.2) is 0 Å².